The number of likely N-dealkylation sites (tertiary alicyclic amines) is 1. The quantitative estimate of drug-likeness (QED) is 0.335. The number of nitrogens with zero attached hydrogens (tertiary/aromatic N) is 2. The summed E-state index contributed by atoms with van der Waals surface area (Å²) in [5.74, 6) is -0.847. The second-order valence-electron chi connectivity index (χ2n) is 8.80. The number of amides is 1. The second-order valence-corrected chi connectivity index (χ2v) is 9.66. The fourth-order valence-corrected chi connectivity index (χ4v) is 4.86. The van der Waals surface area contributed by atoms with Crippen molar-refractivity contribution in [3.05, 3.63) is 57.1 Å². The van der Waals surface area contributed by atoms with Gasteiger partial charge in [0, 0.05) is 25.1 Å². The summed E-state index contributed by atoms with van der Waals surface area (Å²) in [5, 5.41) is 21.6. The summed E-state index contributed by atoms with van der Waals surface area (Å²) in [5.41, 5.74) is 1.90. The summed E-state index contributed by atoms with van der Waals surface area (Å²) in [6.45, 7) is 2.76. The maximum absolute atomic E-state index is 13.2. The first-order valence-electron chi connectivity index (χ1n) is 10.9. The Bertz CT molecular complexity index is 1190. The van der Waals surface area contributed by atoms with Gasteiger partial charge in [0.25, 0.3) is 11.7 Å². The van der Waals surface area contributed by atoms with E-state index in [4.69, 9.17) is 9.47 Å². The largest absolute Gasteiger partial charge is 0.507 e. The van der Waals surface area contributed by atoms with Gasteiger partial charge in [-0.2, -0.15) is 0 Å². The number of carbonyl (C=O) groups is 2. The highest BCUT2D eigenvalue weighted by atomic mass is 79.9. The van der Waals surface area contributed by atoms with E-state index in [9.17, 15) is 19.8 Å². The number of phenols is 1. The fraction of sp³-hybridized carbons (Fsp3) is 0.360. The molecule has 180 valence electrons. The number of carbonyl (C=O) groups excluding carboxylic acids is 2. The van der Waals surface area contributed by atoms with Gasteiger partial charge in [-0.1, -0.05) is 0 Å². The summed E-state index contributed by atoms with van der Waals surface area (Å²) in [6, 6.07) is 7.60. The van der Waals surface area contributed by atoms with Crippen molar-refractivity contribution in [2.75, 3.05) is 34.3 Å². The van der Waals surface area contributed by atoms with Crippen LogP contribution in [0.15, 0.2) is 40.4 Å². The van der Waals surface area contributed by atoms with Crippen molar-refractivity contribution in [1.29, 1.82) is 0 Å². The SMILES string of the molecule is COc1cc([C@H]2C(=C(O)c3ccc4c(c3)C[C@@H](C)O4)C(=O)C(=O)N2CCN(C)C)cc(Br)c1O. The number of methoxy groups -OCH3 is 1. The predicted molar refractivity (Wildman–Crippen MR) is 130 cm³/mol. The van der Waals surface area contributed by atoms with Crippen LogP contribution in [0.2, 0.25) is 0 Å². The molecule has 8 nitrogen and oxygen atoms in total. The number of ketones is 1. The van der Waals surface area contributed by atoms with Crippen LogP contribution in [-0.4, -0.2) is 72.1 Å². The van der Waals surface area contributed by atoms with E-state index >= 15 is 0 Å². The molecular weight excluding hydrogens is 504 g/mol. The van der Waals surface area contributed by atoms with Gasteiger partial charge >= 0.3 is 0 Å². The molecule has 0 aromatic heterocycles. The van der Waals surface area contributed by atoms with Crippen molar-refractivity contribution < 1.29 is 29.3 Å². The Labute approximate surface area is 206 Å². The van der Waals surface area contributed by atoms with Crippen LogP contribution >= 0.6 is 15.9 Å². The zero-order valence-corrected chi connectivity index (χ0v) is 21.0. The molecule has 1 fully saturated rings. The molecule has 0 radical (unpaired) electrons. The molecule has 9 heteroatoms. The molecule has 2 aliphatic heterocycles. The van der Waals surface area contributed by atoms with Crippen LogP contribution in [0.25, 0.3) is 5.76 Å². The molecule has 0 saturated carbocycles. The minimum atomic E-state index is -0.853. The topological polar surface area (TPSA) is 99.5 Å². The van der Waals surface area contributed by atoms with Crippen LogP contribution in [0.4, 0.5) is 0 Å². The molecule has 2 heterocycles. The van der Waals surface area contributed by atoms with Crippen molar-refractivity contribution in [2.24, 2.45) is 0 Å². The molecule has 0 spiro atoms. The number of fused-ring (bicyclic) bond motifs is 1. The highest BCUT2D eigenvalue weighted by Gasteiger charge is 2.46. The Kier molecular flexibility index (Phi) is 6.60. The third-order valence-corrected chi connectivity index (χ3v) is 6.69. The summed E-state index contributed by atoms with van der Waals surface area (Å²) in [6.07, 6.45) is 0.727. The summed E-state index contributed by atoms with van der Waals surface area (Å²) < 4.78 is 11.4. The lowest BCUT2D eigenvalue weighted by atomic mass is 9.94. The number of aromatic hydroxyl groups is 1. The molecule has 2 N–H and O–H groups in total. The third-order valence-electron chi connectivity index (χ3n) is 6.08. The predicted octanol–water partition coefficient (Wildman–Crippen LogP) is 3.47. The summed E-state index contributed by atoms with van der Waals surface area (Å²) in [4.78, 5) is 29.7. The van der Waals surface area contributed by atoms with Crippen molar-refractivity contribution in [1.82, 2.24) is 9.80 Å². The minimum Gasteiger partial charge on any atom is -0.507 e. The number of Topliss-reactive ketones (excluding diaryl/α,β-unsaturated/α-hetero) is 1. The Balaban J connectivity index is 1.87. The average molecular weight is 531 g/mol. The van der Waals surface area contributed by atoms with E-state index in [-0.39, 0.29) is 35.5 Å². The standard InChI is InChI=1S/C25H27BrN2O6/c1-13-9-15-10-14(5-6-18(15)34-13)22(29)20-21(16-11-17(26)23(30)19(12-16)33-4)28(8-7-27(2)3)25(32)24(20)31/h5-6,10-13,21,29-30H,7-9H2,1-4H3/t13-,21+/m1/s1. The Morgan fingerprint density at radius 1 is 1.26 bits per heavy atom. The van der Waals surface area contributed by atoms with Gasteiger partial charge in [0.2, 0.25) is 0 Å². The van der Waals surface area contributed by atoms with Crippen LogP contribution in [0.5, 0.6) is 17.2 Å². The Hall–Kier alpha value is -3.04. The molecule has 2 atom stereocenters. The van der Waals surface area contributed by atoms with Gasteiger partial charge in [0.15, 0.2) is 11.5 Å². The lowest BCUT2D eigenvalue weighted by Gasteiger charge is -2.27. The molecule has 2 aromatic carbocycles. The van der Waals surface area contributed by atoms with Crippen LogP contribution < -0.4 is 9.47 Å². The smallest absolute Gasteiger partial charge is 0.295 e. The molecule has 2 aliphatic rings. The van der Waals surface area contributed by atoms with Gasteiger partial charge in [-0.25, -0.2) is 0 Å². The molecular formula is C25H27BrN2O6. The Morgan fingerprint density at radius 2 is 2.00 bits per heavy atom. The highest BCUT2D eigenvalue weighted by molar-refractivity contribution is 9.10. The lowest BCUT2D eigenvalue weighted by Crippen LogP contribution is -2.35. The van der Waals surface area contributed by atoms with Crippen molar-refractivity contribution >= 4 is 33.4 Å². The monoisotopic (exact) mass is 530 g/mol. The molecule has 0 unspecified atom stereocenters. The molecule has 4 rings (SSSR count). The van der Waals surface area contributed by atoms with Crippen LogP contribution in [0, 0.1) is 0 Å². The van der Waals surface area contributed by atoms with Gasteiger partial charge in [-0.05, 0) is 78.4 Å². The first kappa shape index (κ1) is 24.1. The average Bonchev–Trinajstić information content (AvgIpc) is 3.29. The highest BCUT2D eigenvalue weighted by Crippen LogP contribution is 2.44. The minimum absolute atomic E-state index is 0.00434. The number of hydrogen-bond donors (Lipinski definition) is 2. The molecule has 34 heavy (non-hydrogen) atoms. The number of phenolic OH excluding ortho intramolecular Hbond substituents is 1. The van der Waals surface area contributed by atoms with E-state index in [1.54, 1.807) is 30.3 Å². The number of aliphatic hydroxyl groups excluding tert-OH is 1. The zero-order chi connectivity index (χ0) is 24.7. The summed E-state index contributed by atoms with van der Waals surface area (Å²) in [7, 11) is 5.17. The normalized spacial score (nSPS) is 21.2. The number of benzene rings is 2. The number of hydrogen-bond acceptors (Lipinski definition) is 7. The van der Waals surface area contributed by atoms with Crippen LogP contribution in [-0.2, 0) is 16.0 Å². The first-order chi connectivity index (χ1) is 16.1. The molecule has 2 aromatic rings. The van der Waals surface area contributed by atoms with Gasteiger partial charge < -0.3 is 29.5 Å². The summed E-state index contributed by atoms with van der Waals surface area (Å²) >= 11 is 3.32. The van der Waals surface area contributed by atoms with E-state index in [2.05, 4.69) is 15.9 Å². The second kappa shape index (κ2) is 9.31. The molecule has 1 amide bonds. The van der Waals surface area contributed by atoms with Gasteiger partial charge in [0.05, 0.1) is 23.2 Å². The van der Waals surface area contributed by atoms with Crippen LogP contribution in [0.3, 0.4) is 0 Å². The molecule has 1 saturated heterocycles. The first-order valence-corrected chi connectivity index (χ1v) is 11.7. The van der Waals surface area contributed by atoms with E-state index in [0.717, 1.165) is 11.3 Å². The van der Waals surface area contributed by atoms with Crippen LogP contribution in [0.1, 0.15) is 29.7 Å². The van der Waals surface area contributed by atoms with Crippen molar-refractivity contribution in [2.45, 2.75) is 25.5 Å². The zero-order valence-electron chi connectivity index (χ0n) is 19.5. The number of halogens is 1. The third kappa shape index (κ3) is 4.25. The van der Waals surface area contributed by atoms with E-state index in [0.29, 0.717) is 28.6 Å². The lowest BCUT2D eigenvalue weighted by molar-refractivity contribution is -0.140. The maximum Gasteiger partial charge on any atom is 0.295 e. The van der Waals surface area contributed by atoms with E-state index in [1.165, 1.54) is 12.0 Å². The fourth-order valence-electron chi connectivity index (χ4n) is 4.40. The van der Waals surface area contributed by atoms with E-state index in [1.807, 2.05) is 25.9 Å². The van der Waals surface area contributed by atoms with Crippen molar-refractivity contribution in [3.8, 4) is 17.2 Å². The number of ether oxygens (including phenoxy) is 2. The maximum atomic E-state index is 13.2. The number of rotatable bonds is 6. The van der Waals surface area contributed by atoms with Gasteiger partial charge in [-0.3, -0.25) is 9.59 Å². The number of likely N-dealkylation sites (N-methyl/N-ethyl adjacent to an activating group) is 1. The molecule has 0 bridgehead atoms. The van der Waals surface area contributed by atoms with Gasteiger partial charge in [-0.15, -0.1) is 0 Å². The van der Waals surface area contributed by atoms with Crippen molar-refractivity contribution in [3.63, 3.8) is 0 Å². The van der Waals surface area contributed by atoms with E-state index < -0.39 is 17.7 Å². The Morgan fingerprint density at radius 3 is 2.68 bits per heavy atom. The van der Waals surface area contributed by atoms with Gasteiger partial charge in [0.1, 0.15) is 17.6 Å². The number of aliphatic hydroxyl groups is 1. The molecule has 0 aliphatic carbocycles.